The van der Waals surface area contributed by atoms with Gasteiger partial charge in [-0.05, 0) is 64.3 Å². The van der Waals surface area contributed by atoms with Gasteiger partial charge in [0, 0.05) is 40.9 Å². The van der Waals surface area contributed by atoms with Crippen LogP contribution in [0.4, 0.5) is 4.79 Å². The van der Waals surface area contributed by atoms with Gasteiger partial charge < -0.3 is 35.1 Å². The summed E-state index contributed by atoms with van der Waals surface area (Å²) in [4.78, 5) is 30.0. The summed E-state index contributed by atoms with van der Waals surface area (Å²) >= 11 is 0. The van der Waals surface area contributed by atoms with Crippen molar-refractivity contribution in [1.82, 2.24) is 15.1 Å². The van der Waals surface area contributed by atoms with E-state index in [1.807, 2.05) is 20.9 Å². The second-order valence-corrected chi connectivity index (χ2v) is 12.3. The molecule has 4 N–H and O–H groups in total. The Balaban J connectivity index is 1.58. The maximum Gasteiger partial charge on any atom is 0.514 e. The molecule has 1 saturated heterocycles. The lowest BCUT2D eigenvalue weighted by molar-refractivity contribution is -0.123. The van der Waals surface area contributed by atoms with Crippen LogP contribution in [0, 0.1) is 32.1 Å². The van der Waals surface area contributed by atoms with Gasteiger partial charge in [-0.2, -0.15) is 5.26 Å². The number of hydrogen-bond donors (Lipinski definition) is 3. The van der Waals surface area contributed by atoms with Crippen molar-refractivity contribution in [3.63, 3.8) is 0 Å². The largest absolute Gasteiger partial charge is 0.514 e. The van der Waals surface area contributed by atoms with E-state index in [2.05, 4.69) is 33.8 Å². The summed E-state index contributed by atoms with van der Waals surface area (Å²) in [5.41, 5.74) is 11.5. The number of aryl methyl sites for hydroxylation is 1. The van der Waals surface area contributed by atoms with Gasteiger partial charge in [-0.25, -0.2) is 4.79 Å². The van der Waals surface area contributed by atoms with Crippen molar-refractivity contribution in [2.45, 2.75) is 76.8 Å². The minimum absolute atomic E-state index is 0.0279. The van der Waals surface area contributed by atoms with Gasteiger partial charge in [0.25, 0.3) is 0 Å². The predicted molar refractivity (Wildman–Crippen MR) is 163 cm³/mol. The summed E-state index contributed by atoms with van der Waals surface area (Å²) in [5, 5.41) is 25.3. The van der Waals surface area contributed by atoms with E-state index in [-0.39, 0.29) is 55.5 Å². The molecule has 0 spiro atoms. The molecule has 6 atom stereocenters. The van der Waals surface area contributed by atoms with Crippen LogP contribution in [0.25, 0.3) is 0 Å². The van der Waals surface area contributed by atoms with Crippen LogP contribution >= 0.6 is 0 Å². The average molecular weight is 618 g/mol. The molecule has 0 saturated carbocycles. The van der Waals surface area contributed by atoms with E-state index >= 15 is 0 Å². The number of carbonyl (C=O) groups excluding carboxylic acids is 2. The first-order chi connectivity index (χ1) is 21.5. The first-order valence-corrected chi connectivity index (χ1v) is 15.1. The van der Waals surface area contributed by atoms with Crippen molar-refractivity contribution >= 4 is 12.1 Å². The Kier molecular flexibility index (Phi) is 7.89. The molecule has 0 aromatic heterocycles. The number of fused-ring (bicyclic) bond motifs is 9. The monoisotopic (exact) mass is 617 g/mol. The number of aromatic hydroxyl groups is 1. The lowest BCUT2D eigenvalue weighted by Crippen LogP contribution is -2.69. The number of benzene rings is 2. The summed E-state index contributed by atoms with van der Waals surface area (Å²) in [7, 11) is 1.99. The Hall–Kier alpha value is -4.31. The zero-order valence-electron chi connectivity index (χ0n) is 26.2. The SMILES string of the molecule is C=CCOC(=O)Oc1c(C)c2c(c3c1CC1[C@H]4c5c(cc(C)c(C)c5O)C[C@@H]([C@H](C#N)N1[C@H]3CNC(=O)[C@H](C)N)N4C)OCO2. The van der Waals surface area contributed by atoms with Gasteiger partial charge in [-0.15, -0.1) is 0 Å². The Labute approximate surface area is 262 Å². The van der Waals surface area contributed by atoms with Crippen LogP contribution in [0.15, 0.2) is 18.7 Å². The summed E-state index contributed by atoms with van der Waals surface area (Å²) < 4.78 is 23.0. The molecule has 2 aromatic rings. The predicted octanol–water partition coefficient (Wildman–Crippen LogP) is 2.98. The first-order valence-electron chi connectivity index (χ1n) is 15.1. The van der Waals surface area contributed by atoms with Gasteiger partial charge in [0.1, 0.15) is 24.1 Å². The molecule has 45 heavy (non-hydrogen) atoms. The van der Waals surface area contributed by atoms with Gasteiger partial charge in [0.15, 0.2) is 11.5 Å². The number of likely N-dealkylation sites (N-methyl/N-ethyl adjacent to an activating group) is 1. The molecular formula is C33H39N5O7. The summed E-state index contributed by atoms with van der Waals surface area (Å²) in [6, 6.07) is 1.91. The van der Waals surface area contributed by atoms with Crippen LogP contribution in [-0.4, -0.2) is 78.1 Å². The van der Waals surface area contributed by atoms with Crippen LogP contribution in [0.3, 0.4) is 0 Å². The lowest BCUT2D eigenvalue weighted by atomic mass is 9.71. The highest BCUT2D eigenvalue weighted by Crippen LogP contribution is 2.57. The quantitative estimate of drug-likeness (QED) is 0.248. The van der Waals surface area contributed by atoms with Crippen molar-refractivity contribution in [2.24, 2.45) is 5.73 Å². The Morgan fingerprint density at radius 3 is 2.64 bits per heavy atom. The van der Waals surface area contributed by atoms with E-state index < -0.39 is 24.3 Å². The Morgan fingerprint density at radius 2 is 1.96 bits per heavy atom. The van der Waals surface area contributed by atoms with Crippen molar-refractivity contribution in [1.29, 1.82) is 5.26 Å². The zero-order chi connectivity index (χ0) is 32.3. The molecule has 6 rings (SSSR count). The van der Waals surface area contributed by atoms with E-state index in [1.54, 1.807) is 13.8 Å². The highest BCUT2D eigenvalue weighted by Gasteiger charge is 2.56. The van der Waals surface area contributed by atoms with Gasteiger partial charge in [0.2, 0.25) is 12.7 Å². The topological polar surface area (TPSA) is 160 Å². The molecule has 1 fully saturated rings. The standard InChI is InChI=1S/C33H39N5O7/c1-7-8-42-33(41)45-29-17(4)30-31(44-14-43-30)26-20(29)11-22-27-25-19(9-15(2)16(3)28(25)39)10-21(37(27)6)23(12-34)38(22)24(26)13-36-32(40)18(5)35/h7,9,18,21-24,27,39H,1,8,10-11,13-14,35H2,2-6H3,(H,36,40)/t18-,21-,22?,23-,24-,27-/m0/s1. The zero-order valence-corrected chi connectivity index (χ0v) is 26.2. The number of piperazine rings is 1. The fourth-order valence-corrected chi connectivity index (χ4v) is 7.63. The van der Waals surface area contributed by atoms with Gasteiger partial charge in [-0.3, -0.25) is 14.6 Å². The number of nitriles is 1. The summed E-state index contributed by atoms with van der Waals surface area (Å²) in [6.45, 7) is 10.9. The molecule has 2 aromatic carbocycles. The molecule has 0 radical (unpaired) electrons. The molecule has 4 heterocycles. The molecule has 238 valence electrons. The van der Waals surface area contributed by atoms with Crippen molar-refractivity contribution in [2.75, 3.05) is 27.0 Å². The third-order valence-corrected chi connectivity index (χ3v) is 9.82. The van der Waals surface area contributed by atoms with Crippen LogP contribution in [-0.2, 0) is 22.4 Å². The maximum absolute atomic E-state index is 12.8. The smallest absolute Gasteiger partial charge is 0.507 e. The second-order valence-electron chi connectivity index (χ2n) is 12.3. The Bertz CT molecular complexity index is 1630. The second kappa shape index (κ2) is 11.6. The van der Waals surface area contributed by atoms with Crippen molar-refractivity contribution < 1.29 is 33.6 Å². The number of nitrogens with two attached hydrogens (primary N) is 1. The van der Waals surface area contributed by atoms with Crippen LogP contribution < -0.4 is 25.3 Å². The highest BCUT2D eigenvalue weighted by atomic mass is 16.7. The van der Waals surface area contributed by atoms with Crippen molar-refractivity contribution in [3.05, 3.63) is 57.7 Å². The van der Waals surface area contributed by atoms with Crippen LogP contribution in [0.2, 0.25) is 0 Å². The van der Waals surface area contributed by atoms with E-state index in [1.165, 1.54) is 6.08 Å². The summed E-state index contributed by atoms with van der Waals surface area (Å²) in [6.07, 6.45) is 1.47. The summed E-state index contributed by atoms with van der Waals surface area (Å²) in [5.74, 6) is 1.10. The van der Waals surface area contributed by atoms with Crippen LogP contribution in [0.5, 0.6) is 23.0 Å². The van der Waals surface area contributed by atoms with E-state index in [0.29, 0.717) is 41.0 Å². The molecule has 12 heteroatoms. The average Bonchev–Trinajstić information content (AvgIpc) is 3.50. The fraction of sp³-hybridized carbons (Fsp3) is 0.485. The van der Waals surface area contributed by atoms with Crippen LogP contribution in [0.1, 0.15) is 58.0 Å². The lowest BCUT2D eigenvalue weighted by Gasteiger charge is -2.60. The number of amides is 1. The van der Waals surface area contributed by atoms with E-state index in [0.717, 1.165) is 22.3 Å². The van der Waals surface area contributed by atoms with Gasteiger partial charge in [-0.1, -0.05) is 18.7 Å². The van der Waals surface area contributed by atoms with E-state index in [4.69, 9.17) is 24.7 Å². The number of phenolic OH excluding ortho intramolecular Hbond substituents is 1. The third kappa shape index (κ3) is 4.77. The molecule has 2 bridgehead atoms. The molecule has 1 unspecified atom stereocenters. The van der Waals surface area contributed by atoms with Gasteiger partial charge >= 0.3 is 6.16 Å². The third-order valence-electron chi connectivity index (χ3n) is 9.82. The minimum Gasteiger partial charge on any atom is -0.507 e. The Morgan fingerprint density at radius 1 is 1.22 bits per heavy atom. The number of ether oxygens (including phenoxy) is 4. The normalized spacial score (nSPS) is 25.2. The number of carbonyl (C=O) groups is 2. The molecule has 1 amide bonds. The molecule has 4 aliphatic rings. The number of nitrogens with zero attached hydrogens (tertiary/aromatic N) is 3. The molecular weight excluding hydrogens is 578 g/mol. The molecule has 12 nitrogen and oxygen atoms in total. The fourth-order valence-electron chi connectivity index (χ4n) is 7.63. The highest BCUT2D eigenvalue weighted by molar-refractivity contribution is 5.81. The molecule has 0 aliphatic carbocycles. The minimum atomic E-state index is -0.897. The maximum atomic E-state index is 12.8. The number of rotatable bonds is 6. The van der Waals surface area contributed by atoms with E-state index in [9.17, 15) is 20.0 Å². The first kappa shape index (κ1) is 30.7. The molecule has 4 aliphatic heterocycles. The number of nitrogens with one attached hydrogen (secondary N) is 1. The number of phenols is 1. The van der Waals surface area contributed by atoms with Gasteiger partial charge in [0.05, 0.1) is 24.2 Å². The number of hydrogen-bond acceptors (Lipinski definition) is 11. The van der Waals surface area contributed by atoms with Crippen molar-refractivity contribution in [3.8, 4) is 29.1 Å².